The van der Waals surface area contributed by atoms with Gasteiger partial charge in [-0.3, -0.25) is 9.10 Å². The number of thioether (sulfide) groups is 1. The molecule has 158 valence electrons. The minimum atomic E-state index is -3.67. The lowest BCUT2D eigenvalue weighted by atomic mass is 10.1. The minimum Gasteiger partial charge on any atom is -0.354 e. The first-order valence-electron chi connectivity index (χ1n) is 8.99. The molecule has 2 aromatic carbocycles. The molecule has 2 aromatic rings. The van der Waals surface area contributed by atoms with E-state index in [0.717, 1.165) is 28.5 Å². The third-order valence-electron chi connectivity index (χ3n) is 4.13. The summed E-state index contributed by atoms with van der Waals surface area (Å²) >= 11 is 13.7. The van der Waals surface area contributed by atoms with Gasteiger partial charge in [-0.1, -0.05) is 47.5 Å². The quantitative estimate of drug-likeness (QED) is 0.514. The number of sulfonamides is 1. The van der Waals surface area contributed by atoms with Crippen molar-refractivity contribution in [3.8, 4) is 0 Å². The second kappa shape index (κ2) is 11.1. The Morgan fingerprint density at radius 1 is 1.14 bits per heavy atom. The molecule has 0 heterocycles. The molecule has 0 bridgehead atoms. The maximum Gasteiger partial charge on any atom is 0.240 e. The number of anilines is 1. The average molecular weight is 475 g/mol. The highest BCUT2D eigenvalue weighted by Gasteiger charge is 2.21. The number of aryl methyl sites for hydroxylation is 1. The van der Waals surface area contributed by atoms with Gasteiger partial charge in [-0.2, -0.15) is 11.8 Å². The van der Waals surface area contributed by atoms with Crippen LogP contribution in [0.15, 0.2) is 42.5 Å². The Kier molecular flexibility index (Phi) is 9.14. The van der Waals surface area contributed by atoms with E-state index >= 15 is 0 Å². The second-order valence-corrected chi connectivity index (χ2v) is 10.5. The van der Waals surface area contributed by atoms with E-state index in [1.807, 2.05) is 12.1 Å². The number of nitrogens with one attached hydrogen (secondary N) is 1. The lowest BCUT2D eigenvalue weighted by Crippen LogP contribution is -2.40. The van der Waals surface area contributed by atoms with E-state index in [1.54, 1.807) is 11.8 Å². The van der Waals surface area contributed by atoms with Crippen LogP contribution in [-0.2, 0) is 20.6 Å². The van der Waals surface area contributed by atoms with Gasteiger partial charge in [-0.25, -0.2) is 8.42 Å². The molecule has 29 heavy (non-hydrogen) atoms. The molecule has 1 N–H and O–H groups in total. The van der Waals surface area contributed by atoms with Gasteiger partial charge in [0, 0.05) is 22.3 Å². The number of amides is 1. The zero-order chi connectivity index (χ0) is 21.4. The number of carbonyl (C=O) groups is 1. The number of hydrogen-bond acceptors (Lipinski definition) is 4. The fourth-order valence-electron chi connectivity index (χ4n) is 2.63. The predicted molar refractivity (Wildman–Crippen MR) is 124 cm³/mol. The van der Waals surface area contributed by atoms with Crippen LogP contribution in [-0.4, -0.2) is 39.4 Å². The SMILES string of the molecule is Cc1ccccc1CSCCCNC(=O)CN(c1cc(Cl)cc(Cl)c1)S(C)(=O)=O. The van der Waals surface area contributed by atoms with Crippen molar-refractivity contribution in [1.82, 2.24) is 5.32 Å². The van der Waals surface area contributed by atoms with Crippen molar-refractivity contribution in [3.05, 3.63) is 63.6 Å². The van der Waals surface area contributed by atoms with E-state index in [9.17, 15) is 13.2 Å². The number of halogens is 2. The highest BCUT2D eigenvalue weighted by Crippen LogP contribution is 2.26. The maximum atomic E-state index is 12.3. The van der Waals surface area contributed by atoms with E-state index in [4.69, 9.17) is 23.2 Å². The first kappa shape index (κ1) is 23.9. The van der Waals surface area contributed by atoms with Crippen LogP contribution < -0.4 is 9.62 Å². The molecule has 0 saturated carbocycles. The molecule has 0 aliphatic carbocycles. The molecular weight excluding hydrogens is 451 g/mol. The van der Waals surface area contributed by atoms with Gasteiger partial charge in [0.05, 0.1) is 11.9 Å². The molecule has 0 aliphatic heterocycles. The molecule has 0 aliphatic rings. The third kappa shape index (κ3) is 8.09. The standard InChI is InChI=1S/C20H24Cl2N2O3S2/c1-15-6-3-4-7-16(15)14-28-9-5-8-23-20(25)13-24(29(2,26)27)19-11-17(21)10-18(22)12-19/h3-4,6-7,10-12H,5,8-9,13-14H2,1-2H3,(H,23,25). The van der Waals surface area contributed by atoms with Crippen molar-refractivity contribution in [2.45, 2.75) is 19.1 Å². The smallest absolute Gasteiger partial charge is 0.240 e. The molecule has 2 rings (SSSR count). The summed E-state index contributed by atoms with van der Waals surface area (Å²) in [6, 6.07) is 12.7. The van der Waals surface area contributed by atoms with Crippen LogP contribution in [0.25, 0.3) is 0 Å². The Bertz CT molecular complexity index is 932. The summed E-state index contributed by atoms with van der Waals surface area (Å²) in [7, 11) is -3.67. The van der Waals surface area contributed by atoms with Crippen LogP contribution in [0.2, 0.25) is 10.0 Å². The zero-order valence-electron chi connectivity index (χ0n) is 16.3. The van der Waals surface area contributed by atoms with Gasteiger partial charge >= 0.3 is 0 Å². The summed E-state index contributed by atoms with van der Waals surface area (Å²) in [4.78, 5) is 12.3. The molecular formula is C20H24Cl2N2O3S2. The first-order valence-corrected chi connectivity index (χ1v) is 12.8. The highest BCUT2D eigenvalue weighted by molar-refractivity contribution is 7.98. The third-order valence-corrected chi connectivity index (χ3v) is 6.80. The molecule has 0 aromatic heterocycles. The van der Waals surface area contributed by atoms with Crippen LogP contribution in [0, 0.1) is 6.92 Å². The zero-order valence-corrected chi connectivity index (χ0v) is 19.5. The van der Waals surface area contributed by atoms with Crippen LogP contribution in [0.5, 0.6) is 0 Å². The Labute approximate surface area is 186 Å². The minimum absolute atomic E-state index is 0.258. The van der Waals surface area contributed by atoms with Crippen LogP contribution in [0.4, 0.5) is 5.69 Å². The van der Waals surface area contributed by atoms with Crippen molar-refractivity contribution in [2.75, 3.05) is 29.4 Å². The molecule has 0 saturated heterocycles. The van der Waals surface area contributed by atoms with E-state index in [1.165, 1.54) is 29.3 Å². The maximum absolute atomic E-state index is 12.3. The average Bonchev–Trinajstić information content (AvgIpc) is 2.62. The van der Waals surface area contributed by atoms with Crippen molar-refractivity contribution < 1.29 is 13.2 Å². The molecule has 9 heteroatoms. The first-order chi connectivity index (χ1) is 13.7. The molecule has 0 spiro atoms. The van der Waals surface area contributed by atoms with E-state index in [-0.39, 0.29) is 18.1 Å². The Morgan fingerprint density at radius 3 is 2.41 bits per heavy atom. The lowest BCUT2D eigenvalue weighted by Gasteiger charge is -2.22. The van der Waals surface area contributed by atoms with Crippen molar-refractivity contribution >= 4 is 56.6 Å². The summed E-state index contributed by atoms with van der Waals surface area (Å²) in [6.45, 7) is 2.25. The van der Waals surface area contributed by atoms with Gasteiger partial charge in [0.25, 0.3) is 0 Å². The summed E-state index contributed by atoms with van der Waals surface area (Å²) in [5, 5.41) is 3.37. The summed E-state index contributed by atoms with van der Waals surface area (Å²) in [5.41, 5.74) is 2.84. The summed E-state index contributed by atoms with van der Waals surface area (Å²) < 4.78 is 25.2. The van der Waals surface area contributed by atoms with Gasteiger partial charge in [0.15, 0.2) is 0 Å². The Balaban J connectivity index is 1.81. The van der Waals surface area contributed by atoms with Crippen LogP contribution in [0.3, 0.4) is 0 Å². The van der Waals surface area contributed by atoms with Crippen molar-refractivity contribution in [2.24, 2.45) is 0 Å². The molecule has 1 amide bonds. The lowest BCUT2D eigenvalue weighted by molar-refractivity contribution is -0.119. The molecule has 0 atom stereocenters. The van der Waals surface area contributed by atoms with Gasteiger partial charge in [-0.05, 0) is 48.4 Å². The largest absolute Gasteiger partial charge is 0.354 e. The predicted octanol–water partition coefficient (Wildman–Crippen LogP) is 4.51. The number of carbonyl (C=O) groups excluding carboxylic acids is 1. The van der Waals surface area contributed by atoms with Gasteiger partial charge in [0.1, 0.15) is 6.54 Å². The molecule has 0 unspecified atom stereocenters. The van der Waals surface area contributed by atoms with E-state index in [0.29, 0.717) is 16.6 Å². The monoisotopic (exact) mass is 474 g/mol. The normalized spacial score (nSPS) is 11.3. The van der Waals surface area contributed by atoms with Crippen molar-refractivity contribution in [3.63, 3.8) is 0 Å². The fourth-order valence-corrected chi connectivity index (χ4v) is 5.02. The molecule has 0 radical (unpaired) electrons. The highest BCUT2D eigenvalue weighted by atomic mass is 35.5. The fraction of sp³-hybridized carbons (Fsp3) is 0.350. The number of benzene rings is 2. The number of rotatable bonds is 10. The Morgan fingerprint density at radius 2 is 1.79 bits per heavy atom. The van der Waals surface area contributed by atoms with E-state index in [2.05, 4.69) is 24.4 Å². The van der Waals surface area contributed by atoms with Crippen LogP contribution >= 0.6 is 35.0 Å². The van der Waals surface area contributed by atoms with Gasteiger partial charge in [0.2, 0.25) is 15.9 Å². The Hall–Kier alpha value is -1.41. The molecule has 5 nitrogen and oxygen atoms in total. The van der Waals surface area contributed by atoms with Gasteiger partial charge < -0.3 is 5.32 Å². The summed E-state index contributed by atoms with van der Waals surface area (Å²) in [6.07, 6.45) is 1.83. The number of nitrogens with zero attached hydrogens (tertiary/aromatic N) is 1. The van der Waals surface area contributed by atoms with Gasteiger partial charge in [-0.15, -0.1) is 0 Å². The van der Waals surface area contributed by atoms with E-state index < -0.39 is 10.0 Å². The molecule has 0 fully saturated rings. The van der Waals surface area contributed by atoms with Crippen LogP contribution in [0.1, 0.15) is 17.5 Å². The summed E-state index contributed by atoms with van der Waals surface area (Å²) in [5.74, 6) is 1.45. The number of hydrogen-bond donors (Lipinski definition) is 1. The van der Waals surface area contributed by atoms with Crippen molar-refractivity contribution in [1.29, 1.82) is 0 Å². The second-order valence-electron chi connectivity index (χ2n) is 6.58. The topological polar surface area (TPSA) is 66.5 Å².